The van der Waals surface area contributed by atoms with Crippen LogP contribution in [0.15, 0.2) is 23.4 Å². The number of hydrogen-bond donors (Lipinski definition) is 2. The van der Waals surface area contributed by atoms with Gasteiger partial charge in [0.1, 0.15) is 0 Å². The van der Waals surface area contributed by atoms with Crippen molar-refractivity contribution >= 4 is 16.0 Å². The van der Waals surface area contributed by atoms with Crippen LogP contribution in [0.4, 0.5) is 0 Å². The molecule has 9 heteroatoms. The molecule has 3 heterocycles. The number of aliphatic hydroxyl groups excluding tert-OH is 1. The van der Waals surface area contributed by atoms with Crippen molar-refractivity contribution in [1.29, 1.82) is 0 Å². The zero-order valence-electron chi connectivity index (χ0n) is 14.6. The first-order valence-electron chi connectivity index (χ1n) is 8.94. The molecule has 8 nitrogen and oxygen atoms in total. The molecule has 2 aliphatic heterocycles. The molecular weight excluding hydrogens is 358 g/mol. The van der Waals surface area contributed by atoms with E-state index in [0.29, 0.717) is 12.0 Å². The smallest absolute Gasteiger partial charge is 0.307 e. The van der Waals surface area contributed by atoms with Gasteiger partial charge in [-0.25, -0.2) is 13.4 Å². The molecule has 3 rings (SSSR count). The highest BCUT2D eigenvalue weighted by Crippen LogP contribution is 2.28. The zero-order valence-corrected chi connectivity index (χ0v) is 15.4. The Kier molecular flexibility index (Phi) is 5.91. The molecule has 0 unspecified atom stereocenters. The Balaban J connectivity index is 1.87. The number of aliphatic hydroxyl groups is 1. The molecule has 0 saturated carbocycles. The Labute approximate surface area is 153 Å². The molecule has 0 bridgehead atoms. The van der Waals surface area contributed by atoms with E-state index >= 15 is 0 Å². The van der Waals surface area contributed by atoms with Crippen LogP contribution in [0.25, 0.3) is 0 Å². The third-order valence-corrected chi connectivity index (χ3v) is 6.97. The lowest BCUT2D eigenvalue weighted by molar-refractivity contribution is -0.143. The van der Waals surface area contributed by atoms with E-state index in [9.17, 15) is 23.4 Å². The number of aliphatic carboxylic acids is 1. The molecule has 0 amide bonds. The van der Waals surface area contributed by atoms with E-state index in [1.165, 1.54) is 16.6 Å². The van der Waals surface area contributed by atoms with Crippen LogP contribution in [-0.4, -0.2) is 71.0 Å². The predicted octanol–water partition coefficient (Wildman–Crippen LogP) is 0.524. The Hall–Kier alpha value is -1.55. The lowest BCUT2D eigenvalue weighted by Gasteiger charge is -2.42. The summed E-state index contributed by atoms with van der Waals surface area (Å²) in [5.41, 5.74) is 0.456. The van der Waals surface area contributed by atoms with Gasteiger partial charge in [0.15, 0.2) is 5.03 Å². The van der Waals surface area contributed by atoms with Gasteiger partial charge < -0.3 is 10.2 Å². The summed E-state index contributed by atoms with van der Waals surface area (Å²) in [6.07, 6.45) is 5.08. The van der Waals surface area contributed by atoms with Crippen molar-refractivity contribution in [2.45, 2.75) is 43.4 Å². The summed E-state index contributed by atoms with van der Waals surface area (Å²) in [5.74, 6) is -1.70. The highest BCUT2D eigenvalue weighted by molar-refractivity contribution is 7.89. The number of pyridine rings is 1. The number of sulfonamides is 1. The molecule has 0 aromatic carbocycles. The molecule has 0 radical (unpaired) electrons. The Bertz CT molecular complexity index is 749. The minimum atomic E-state index is -3.91. The monoisotopic (exact) mass is 383 g/mol. The van der Waals surface area contributed by atoms with Crippen LogP contribution in [0, 0.1) is 5.92 Å². The Morgan fingerprint density at radius 3 is 2.62 bits per heavy atom. The number of carboxylic acids is 1. The molecule has 2 saturated heterocycles. The fraction of sp³-hybridized carbons (Fsp3) is 0.647. The first-order chi connectivity index (χ1) is 12.4. The highest BCUT2D eigenvalue weighted by Gasteiger charge is 2.40. The molecule has 144 valence electrons. The minimum absolute atomic E-state index is 0.0486. The van der Waals surface area contributed by atoms with Crippen LogP contribution in [0.2, 0.25) is 0 Å². The van der Waals surface area contributed by atoms with Gasteiger partial charge in [0, 0.05) is 25.3 Å². The summed E-state index contributed by atoms with van der Waals surface area (Å²) in [7, 11) is -3.91. The van der Waals surface area contributed by atoms with Gasteiger partial charge in [-0.15, -0.1) is 0 Å². The van der Waals surface area contributed by atoms with Gasteiger partial charge in [0.2, 0.25) is 0 Å². The van der Waals surface area contributed by atoms with Crippen LogP contribution in [-0.2, 0) is 21.4 Å². The fourth-order valence-corrected chi connectivity index (χ4v) is 5.28. The second kappa shape index (κ2) is 7.99. The normalized spacial score (nSPS) is 25.9. The third kappa shape index (κ3) is 4.06. The van der Waals surface area contributed by atoms with Crippen molar-refractivity contribution < 1.29 is 23.4 Å². The van der Waals surface area contributed by atoms with E-state index in [1.54, 1.807) is 6.07 Å². The van der Waals surface area contributed by atoms with Gasteiger partial charge in [-0.1, -0.05) is 6.42 Å². The van der Waals surface area contributed by atoms with Crippen molar-refractivity contribution in [3.05, 3.63) is 23.9 Å². The largest absolute Gasteiger partial charge is 0.481 e. The highest BCUT2D eigenvalue weighted by atomic mass is 32.2. The molecule has 0 spiro atoms. The average molecular weight is 383 g/mol. The molecule has 2 aliphatic rings. The first kappa shape index (κ1) is 19.2. The number of carboxylic acid groups (broad SMARTS) is 1. The second-order valence-corrected chi connectivity index (χ2v) is 8.89. The summed E-state index contributed by atoms with van der Waals surface area (Å²) in [6.45, 7) is 1.70. The van der Waals surface area contributed by atoms with E-state index in [0.717, 1.165) is 32.4 Å². The number of likely N-dealkylation sites (tertiary alicyclic amines) is 1. The number of aromatic nitrogens is 1. The van der Waals surface area contributed by atoms with Crippen molar-refractivity contribution in [2.24, 2.45) is 5.92 Å². The predicted molar refractivity (Wildman–Crippen MR) is 93.9 cm³/mol. The van der Waals surface area contributed by atoms with E-state index in [-0.39, 0.29) is 30.8 Å². The number of piperidine rings is 2. The third-order valence-electron chi connectivity index (χ3n) is 5.24. The van der Waals surface area contributed by atoms with Crippen molar-refractivity contribution in [1.82, 2.24) is 14.2 Å². The van der Waals surface area contributed by atoms with Gasteiger partial charge in [-0.2, -0.15) is 4.31 Å². The quantitative estimate of drug-likeness (QED) is 0.763. The number of carbonyl (C=O) groups is 1. The fourth-order valence-electron chi connectivity index (χ4n) is 3.78. The van der Waals surface area contributed by atoms with Crippen molar-refractivity contribution in [2.75, 3.05) is 26.2 Å². The van der Waals surface area contributed by atoms with Crippen molar-refractivity contribution in [3.63, 3.8) is 0 Å². The average Bonchev–Trinajstić information content (AvgIpc) is 2.68. The summed E-state index contributed by atoms with van der Waals surface area (Å²) in [6, 6.07) is 2.79. The maximum Gasteiger partial charge on any atom is 0.307 e. The van der Waals surface area contributed by atoms with Gasteiger partial charge in [0.25, 0.3) is 10.0 Å². The summed E-state index contributed by atoms with van der Waals surface area (Å²) < 4.78 is 27.3. The zero-order chi connectivity index (χ0) is 18.7. The van der Waals surface area contributed by atoms with Crippen LogP contribution in [0.3, 0.4) is 0 Å². The summed E-state index contributed by atoms with van der Waals surface area (Å²) >= 11 is 0. The lowest BCUT2D eigenvalue weighted by atomic mass is 9.93. The topological polar surface area (TPSA) is 111 Å². The number of nitrogens with zero attached hydrogens (tertiary/aromatic N) is 3. The summed E-state index contributed by atoms with van der Waals surface area (Å²) in [4.78, 5) is 17.8. The van der Waals surface area contributed by atoms with Gasteiger partial charge in [-0.05, 0) is 50.0 Å². The van der Waals surface area contributed by atoms with Gasteiger partial charge in [-0.3, -0.25) is 9.69 Å². The van der Waals surface area contributed by atoms with Crippen LogP contribution in [0.1, 0.15) is 31.2 Å². The van der Waals surface area contributed by atoms with Gasteiger partial charge >= 0.3 is 5.97 Å². The first-order valence-corrected chi connectivity index (χ1v) is 10.4. The van der Waals surface area contributed by atoms with Crippen LogP contribution in [0.5, 0.6) is 0 Å². The molecule has 2 N–H and O–H groups in total. The van der Waals surface area contributed by atoms with Crippen LogP contribution < -0.4 is 0 Å². The standard InChI is InChI=1S/C17H25N3O5S/c21-12-13-4-5-18-16(8-13)26(24,25)20-10-14(17(22)23)9-15(11-20)19-6-2-1-3-7-19/h4-5,8,14-15,21H,1-3,6-7,9-12H2,(H,22,23)/t14-,15+/m1/s1. The van der Waals surface area contributed by atoms with E-state index < -0.39 is 21.9 Å². The molecule has 1 aromatic heterocycles. The van der Waals surface area contributed by atoms with Gasteiger partial charge in [0.05, 0.1) is 12.5 Å². The Morgan fingerprint density at radius 2 is 1.96 bits per heavy atom. The molecule has 0 aliphatic carbocycles. The minimum Gasteiger partial charge on any atom is -0.481 e. The summed E-state index contributed by atoms with van der Waals surface area (Å²) in [5, 5.41) is 18.6. The van der Waals surface area contributed by atoms with E-state index in [2.05, 4.69) is 9.88 Å². The van der Waals surface area contributed by atoms with E-state index in [1.807, 2.05) is 0 Å². The SMILES string of the molecule is O=C(O)[C@@H]1C[C@H](N2CCCCC2)CN(S(=O)(=O)c2cc(CO)ccn2)C1. The Morgan fingerprint density at radius 1 is 1.23 bits per heavy atom. The molecule has 26 heavy (non-hydrogen) atoms. The second-order valence-electron chi connectivity index (χ2n) is 7.00. The lowest BCUT2D eigenvalue weighted by Crippen LogP contribution is -2.55. The molecule has 2 fully saturated rings. The maximum absolute atomic E-state index is 13.0. The molecular formula is C17H25N3O5S. The molecule has 1 aromatic rings. The number of hydrogen-bond acceptors (Lipinski definition) is 6. The van der Waals surface area contributed by atoms with Crippen molar-refractivity contribution in [3.8, 4) is 0 Å². The maximum atomic E-state index is 13.0. The van der Waals surface area contributed by atoms with E-state index in [4.69, 9.17) is 0 Å². The molecule has 2 atom stereocenters. The number of rotatable bonds is 5. The van der Waals surface area contributed by atoms with Crippen LogP contribution >= 0.6 is 0 Å².